The van der Waals surface area contributed by atoms with E-state index in [-0.39, 0.29) is 0 Å². The second-order valence-corrected chi connectivity index (χ2v) is 6.62. The molecule has 0 aromatic carbocycles. The van der Waals surface area contributed by atoms with E-state index in [9.17, 15) is 4.79 Å². The van der Waals surface area contributed by atoms with Gasteiger partial charge in [-0.15, -0.1) is 0 Å². The Morgan fingerprint density at radius 3 is 2.48 bits per heavy atom. The van der Waals surface area contributed by atoms with E-state index in [4.69, 9.17) is 0 Å². The normalized spacial score (nSPS) is 18.7. The Bertz CT molecular complexity index is 262. The Labute approximate surface area is 131 Å². The molecule has 1 heterocycles. The van der Waals surface area contributed by atoms with Crippen LogP contribution < -0.4 is 5.32 Å². The number of rotatable bonds is 11. The van der Waals surface area contributed by atoms with Gasteiger partial charge in [0.15, 0.2) is 0 Å². The molecule has 1 atom stereocenters. The van der Waals surface area contributed by atoms with Crippen LogP contribution in [0.3, 0.4) is 0 Å². The van der Waals surface area contributed by atoms with E-state index in [1.54, 1.807) is 0 Å². The average Bonchev–Trinajstić information content (AvgIpc) is 2.52. The van der Waals surface area contributed by atoms with Crippen molar-refractivity contribution in [1.29, 1.82) is 0 Å². The van der Waals surface area contributed by atoms with Crippen molar-refractivity contribution in [1.82, 2.24) is 10.2 Å². The summed E-state index contributed by atoms with van der Waals surface area (Å²) in [7, 11) is 1.96. The lowest BCUT2D eigenvalue weighted by atomic mass is 10.0. The Kier molecular flexibility index (Phi) is 10.6. The Morgan fingerprint density at radius 2 is 1.81 bits per heavy atom. The Morgan fingerprint density at radius 1 is 1.10 bits per heavy atom. The van der Waals surface area contributed by atoms with Gasteiger partial charge in [0.2, 0.25) is 5.91 Å². The molecule has 0 radical (unpaired) electrons. The minimum absolute atomic E-state index is 0.333. The number of nitrogens with one attached hydrogen (secondary N) is 1. The fourth-order valence-electron chi connectivity index (χ4n) is 3.07. The highest BCUT2D eigenvalue weighted by molar-refractivity contribution is 5.75. The summed E-state index contributed by atoms with van der Waals surface area (Å²) in [5.74, 6) is 0.333. The van der Waals surface area contributed by atoms with Crippen LogP contribution in [0.1, 0.15) is 84.0 Å². The maximum atomic E-state index is 12.1. The molecule has 0 saturated carbocycles. The van der Waals surface area contributed by atoms with Crippen molar-refractivity contribution >= 4 is 5.91 Å². The van der Waals surface area contributed by atoms with Crippen molar-refractivity contribution in [3.63, 3.8) is 0 Å². The molecule has 0 bridgehead atoms. The summed E-state index contributed by atoms with van der Waals surface area (Å²) in [5, 5.41) is 3.55. The van der Waals surface area contributed by atoms with E-state index in [0.29, 0.717) is 11.9 Å². The van der Waals surface area contributed by atoms with E-state index >= 15 is 0 Å². The number of amides is 1. The zero-order chi connectivity index (χ0) is 15.3. The van der Waals surface area contributed by atoms with Crippen LogP contribution >= 0.6 is 0 Å². The quantitative estimate of drug-likeness (QED) is 0.582. The van der Waals surface area contributed by atoms with Gasteiger partial charge in [-0.1, -0.05) is 51.9 Å². The summed E-state index contributed by atoms with van der Waals surface area (Å²) in [6.07, 6.45) is 14.7. The van der Waals surface area contributed by atoms with Gasteiger partial charge in [-0.05, 0) is 32.2 Å². The van der Waals surface area contributed by atoms with Gasteiger partial charge in [-0.25, -0.2) is 0 Å². The average molecular weight is 296 g/mol. The maximum absolute atomic E-state index is 12.1. The van der Waals surface area contributed by atoms with E-state index in [0.717, 1.165) is 32.4 Å². The summed E-state index contributed by atoms with van der Waals surface area (Å²) < 4.78 is 0. The summed E-state index contributed by atoms with van der Waals surface area (Å²) in [4.78, 5) is 14.0. The molecular formula is C18H36N2O. The Balaban J connectivity index is 1.97. The second-order valence-electron chi connectivity index (χ2n) is 6.62. The van der Waals surface area contributed by atoms with Crippen LogP contribution in [-0.4, -0.2) is 37.0 Å². The lowest BCUT2D eigenvalue weighted by molar-refractivity contribution is -0.130. The van der Waals surface area contributed by atoms with Crippen LogP contribution in [-0.2, 0) is 4.79 Å². The first-order valence-corrected chi connectivity index (χ1v) is 9.21. The van der Waals surface area contributed by atoms with Gasteiger partial charge in [0.25, 0.3) is 0 Å². The van der Waals surface area contributed by atoms with Crippen molar-refractivity contribution in [2.24, 2.45) is 0 Å². The molecule has 3 nitrogen and oxygen atoms in total. The highest BCUT2D eigenvalue weighted by Gasteiger charge is 2.14. The minimum Gasteiger partial charge on any atom is -0.346 e. The molecule has 0 aromatic heterocycles. The van der Waals surface area contributed by atoms with Crippen LogP contribution in [0, 0.1) is 0 Å². The highest BCUT2D eigenvalue weighted by atomic mass is 16.2. The molecule has 1 saturated heterocycles. The fraction of sp³-hybridized carbons (Fsp3) is 0.944. The Hall–Kier alpha value is -0.570. The summed E-state index contributed by atoms with van der Waals surface area (Å²) >= 11 is 0. The van der Waals surface area contributed by atoms with Crippen LogP contribution in [0.5, 0.6) is 0 Å². The van der Waals surface area contributed by atoms with E-state index < -0.39 is 0 Å². The largest absolute Gasteiger partial charge is 0.346 e. The van der Waals surface area contributed by atoms with Gasteiger partial charge >= 0.3 is 0 Å². The van der Waals surface area contributed by atoms with E-state index in [1.807, 2.05) is 11.9 Å². The number of carbonyl (C=O) groups is 1. The van der Waals surface area contributed by atoms with Crippen LogP contribution in [0.15, 0.2) is 0 Å². The molecule has 1 aliphatic rings. The predicted molar refractivity (Wildman–Crippen MR) is 90.5 cm³/mol. The monoisotopic (exact) mass is 296 g/mol. The molecule has 21 heavy (non-hydrogen) atoms. The molecule has 0 spiro atoms. The smallest absolute Gasteiger partial charge is 0.222 e. The number of hydrogen-bond donors (Lipinski definition) is 1. The summed E-state index contributed by atoms with van der Waals surface area (Å²) in [6.45, 7) is 4.31. The van der Waals surface area contributed by atoms with Crippen LogP contribution in [0.25, 0.3) is 0 Å². The fourth-order valence-corrected chi connectivity index (χ4v) is 3.07. The molecule has 0 aliphatic carbocycles. The maximum Gasteiger partial charge on any atom is 0.222 e. The first-order chi connectivity index (χ1) is 10.2. The first kappa shape index (κ1) is 18.5. The van der Waals surface area contributed by atoms with Crippen molar-refractivity contribution in [2.45, 2.75) is 90.0 Å². The second kappa shape index (κ2) is 12.0. The molecule has 1 unspecified atom stereocenters. The lowest BCUT2D eigenvalue weighted by Gasteiger charge is -2.26. The van der Waals surface area contributed by atoms with Crippen molar-refractivity contribution in [3.05, 3.63) is 0 Å². The topological polar surface area (TPSA) is 32.3 Å². The molecular weight excluding hydrogens is 260 g/mol. The zero-order valence-electron chi connectivity index (χ0n) is 14.3. The molecule has 124 valence electrons. The third-order valence-corrected chi connectivity index (χ3v) is 4.65. The number of piperidine rings is 1. The first-order valence-electron chi connectivity index (χ1n) is 9.21. The third kappa shape index (κ3) is 9.13. The van der Waals surface area contributed by atoms with E-state index in [2.05, 4.69) is 12.2 Å². The molecule has 1 N–H and O–H groups in total. The van der Waals surface area contributed by atoms with Crippen molar-refractivity contribution < 1.29 is 4.79 Å². The molecule has 3 heteroatoms. The van der Waals surface area contributed by atoms with Gasteiger partial charge in [0, 0.05) is 26.1 Å². The van der Waals surface area contributed by atoms with Crippen LogP contribution in [0.2, 0.25) is 0 Å². The molecule has 1 amide bonds. The molecule has 1 aliphatic heterocycles. The summed E-state index contributed by atoms with van der Waals surface area (Å²) in [6, 6.07) is 0.632. The highest BCUT2D eigenvalue weighted by Crippen LogP contribution is 2.12. The summed E-state index contributed by atoms with van der Waals surface area (Å²) in [5.41, 5.74) is 0. The number of carbonyl (C=O) groups excluding carboxylic acids is 1. The van der Waals surface area contributed by atoms with Gasteiger partial charge < -0.3 is 10.2 Å². The zero-order valence-corrected chi connectivity index (χ0v) is 14.3. The minimum atomic E-state index is 0.333. The van der Waals surface area contributed by atoms with Crippen molar-refractivity contribution in [3.8, 4) is 0 Å². The van der Waals surface area contributed by atoms with E-state index in [1.165, 1.54) is 57.8 Å². The molecule has 0 aromatic rings. The number of nitrogens with zero attached hydrogens (tertiary/aromatic N) is 1. The predicted octanol–water partition coefficient (Wildman–Crippen LogP) is 4.12. The van der Waals surface area contributed by atoms with Gasteiger partial charge in [-0.2, -0.15) is 0 Å². The standard InChI is InChI=1S/C18H36N2O/c1-3-4-5-6-7-8-9-13-18(21)20(2)16-14-17-12-10-11-15-19-17/h17,19H,3-16H2,1-2H3. The van der Waals surface area contributed by atoms with Gasteiger partial charge in [0.05, 0.1) is 0 Å². The van der Waals surface area contributed by atoms with Gasteiger partial charge in [0.1, 0.15) is 0 Å². The number of unbranched alkanes of at least 4 members (excludes halogenated alkanes) is 6. The third-order valence-electron chi connectivity index (χ3n) is 4.65. The van der Waals surface area contributed by atoms with Gasteiger partial charge in [-0.3, -0.25) is 4.79 Å². The number of hydrogen-bond acceptors (Lipinski definition) is 2. The molecule has 1 fully saturated rings. The molecule has 1 rings (SSSR count). The van der Waals surface area contributed by atoms with Crippen molar-refractivity contribution in [2.75, 3.05) is 20.1 Å². The SMILES string of the molecule is CCCCCCCCCC(=O)N(C)CCC1CCCCN1. The van der Waals surface area contributed by atoms with Crippen LogP contribution in [0.4, 0.5) is 0 Å². The lowest BCUT2D eigenvalue weighted by Crippen LogP contribution is -2.38.